The summed E-state index contributed by atoms with van der Waals surface area (Å²) in [7, 11) is -2.95. The predicted octanol–water partition coefficient (Wildman–Crippen LogP) is 3.04. The Bertz CT molecular complexity index is 763. The summed E-state index contributed by atoms with van der Waals surface area (Å²) in [4.78, 5) is 4.65. The van der Waals surface area contributed by atoms with Gasteiger partial charge < -0.3 is 15.2 Å². The minimum Gasteiger partial charge on any atom is -0.357 e. The van der Waals surface area contributed by atoms with Crippen LogP contribution in [-0.2, 0) is 16.3 Å². The van der Waals surface area contributed by atoms with Gasteiger partial charge in [0.1, 0.15) is 15.7 Å². The van der Waals surface area contributed by atoms with Gasteiger partial charge in [-0.1, -0.05) is 24.6 Å². The Hall–Kier alpha value is -0.560. The van der Waals surface area contributed by atoms with E-state index in [4.69, 9.17) is 0 Å². The summed E-state index contributed by atoms with van der Waals surface area (Å²) >= 11 is 1.67. The molecule has 0 aliphatic heterocycles. The average Bonchev–Trinajstić information content (AvgIpc) is 3.32. The Morgan fingerprint density at radius 2 is 2.03 bits per heavy atom. The van der Waals surface area contributed by atoms with Crippen LogP contribution in [-0.4, -0.2) is 66.5 Å². The lowest BCUT2D eigenvalue weighted by Gasteiger charge is -2.18. The van der Waals surface area contributed by atoms with E-state index in [0.717, 1.165) is 36.3 Å². The molecule has 0 amide bonds. The molecule has 1 atom stereocenters. The van der Waals surface area contributed by atoms with Crippen molar-refractivity contribution < 1.29 is 8.42 Å². The SMILES string of the molecule is CCNC(=NCCCc1nnc(SC)n1C1CCCC1)NC(C)CCS(C)(=O)=O.I. The van der Waals surface area contributed by atoms with Crippen LogP contribution in [0.1, 0.15) is 64.2 Å². The first kappa shape index (κ1) is 27.5. The summed E-state index contributed by atoms with van der Waals surface area (Å²) in [6, 6.07) is 0.581. The summed E-state index contributed by atoms with van der Waals surface area (Å²) in [5.74, 6) is 1.97. The predicted molar refractivity (Wildman–Crippen MR) is 136 cm³/mol. The number of sulfone groups is 1. The molecule has 30 heavy (non-hydrogen) atoms. The smallest absolute Gasteiger partial charge is 0.191 e. The van der Waals surface area contributed by atoms with Crippen LogP contribution in [0.15, 0.2) is 10.1 Å². The Balaban J connectivity index is 0.00000450. The van der Waals surface area contributed by atoms with Gasteiger partial charge in [0.05, 0.1) is 5.75 Å². The van der Waals surface area contributed by atoms with Gasteiger partial charge in [-0.15, -0.1) is 34.2 Å². The van der Waals surface area contributed by atoms with Gasteiger partial charge in [0, 0.05) is 37.8 Å². The topological polar surface area (TPSA) is 101 Å². The molecule has 1 aromatic heterocycles. The van der Waals surface area contributed by atoms with E-state index >= 15 is 0 Å². The molecule has 1 unspecified atom stereocenters. The van der Waals surface area contributed by atoms with Crippen LogP contribution in [0.5, 0.6) is 0 Å². The van der Waals surface area contributed by atoms with E-state index in [0.29, 0.717) is 19.0 Å². The number of aliphatic imine (C=N–C) groups is 1. The first-order valence-electron chi connectivity index (χ1n) is 10.5. The van der Waals surface area contributed by atoms with E-state index in [1.165, 1.54) is 31.9 Å². The highest BCUT2D eigenvalue weighted by Gasteiger charge is 2.23. The Kier molecular flexibility index (Phi) is 12.6. The highest BCUT2D eigenvalue weighted by molar-refractivity contribution is 14.0. The molecule has 2 rings (SSSR count). The third kappa shape index (κ3) is 9.29. The standard InChI is InChI=1S/C19H36N6O2S2.HI/c1-5-20-18(22-15(2)12-14-29(4,26)27)21-13-8-11-17-23-24-19(28-3)25(17)16-9-6-7-10-16;/h15-16H,5-14H2,1-4H3,(H2,20,21,22);1H. The fraction of sp³-hybridized carbons (Fsp3) is 0.842. The Morgan fingerprint density at radius 1 is 1.33 bits per heavy atom. The third-order valence-corrected chi connectivity index (χ3v) is 6.71. The van der Waals surface area contributed by atoms with E-state index < -0.39 is 9.84 Å². The lowest BCUT2D eigenvalue weighted by molar-refractivity contribution is 0.461. The normalized spacial score (nSPS) is 16.3. The van der Waals surface area contributed by atoms with Crippen molar-refractivity contribution in [2.45, 2.75) is 76.0 Å². The molecule has 174 valence electrons. The van der Waals surface area contributed by atoms with Crippen molar-refractivity contribution in [2.24, 2.45) is 4.99 Å². The fourth-order valence-electron chi connectivity index (χ4n) is 3.59. The van der Waals surface area contributed by atoms with Gasteiger partial charge in [-0.3, -0.25) is 4.99 Å². The Labute approximate surface area is 202 Å². The highest BCUT2D eigenvalue weighted by Crippen LogP contribution is 2.33. The highest BCUT2D eigenvalue weighted by atomic mass is 127. The summed E-state index contributed by atoms with van der Waals surface area (Å²) < 4.78 is 25.0. The van der Waals surface area contributed by atoms with Crippen molar-refractivity contribution in [2.75, 3.05) is 31.4 Å². The molecule has 0 saturated heterocycles. The number of halogens is 1. The van der Waals surface area contributed by atoms with Crippen LogP contribution in [0.3, 0.4) is 0 Å². The van der Waals surface area contributed by atoms with Crippen LogP contribution in [0.4, 0.5) is 0 Å². The maximum absolute atomic E-state index is 11.4. The quantitative estimate of drug-likeness (QED) is 0.138. The number of aromatic nitrogens is 3. The average molecular weight is 573 g/mol. The molecule has 8 nitrogen and oxygen atoms in total. The maximum atomic E-state index is 11.4. The summed E-state index contributed by atoms with van der Waals surface area (Å²) in [6.45, 7) is 5.44. The van der Waals surface area contributed by atoms with Gasteiger partial charge in [-0.05, 0) is 45.8 Å². The van der Waals surface area contributed by atoms with E-state index in [2.05, 4.69) is 36.6 Å². The van der Waals surface area contributed by atoms with E-state index in [9.17, 15) is 8.42 Å². The second kappa shape index (κ2) is 13.8. The van der Waals surface area contributed by atoms with Crippen LogP contribution in [0.25, 0.3) is 0 Å². The zero-order valence-electron chi connectivity index (χ0n) is 18.6. The molecule has 1 aliphatic rings. The molecule has 0 aromatic carbocycles. The Morgan fingerprint density at radius 3 is 2.63 bits per heavy atom. The number of hydrogen-bond acceptors (Lipinski definition) is 6. The lowest BCUT2D eigenvalue weighted by atomic mass is 10.2. The van der Waals surface area contributed by atoms with Crippen LogP contribution >= 0.6 is 35.7 Å². The largest absolute Gasteiger partial charge is 0.357 e. The van der Waals surface area contributed by atoms with Gasteiger partial charge in [0.2, 0.25) is 0 Å². The van der Waals surface area contributed by atoms with Crippen molar-refractivity contribution in [3.8, 4) is 0 Å². The number of hydrogen-bond donors (Lipinski definition) is 2. The molecule has 1 heterocycles. The minimum absolute atomic E-state index is 0. The number of nitrogens with zero attached hydrogens (tertiary/aromatic N) is 4. The van der Waals surface area contributed by atoms with E-state index in [-0.39, 0.29) is 35.8 Å². The lowest BCUT2D eigenvalue weighted by Crippen LogP contribution is -2.42. The maximum Gasteiger partial charge on any atom is 0.191 e. The monoisotopic (exact) mass is 572 g/mol. The zero-order valence-corrected chi connectivity index (χ0v) is 22.5. The second-order valence-corrected chi connectivity index (χ2v) is 10.8. The number of thioether (sulfide) groups is 1. The molecular weight excluding hydrogens is 535 g/mol. The molecule has 1 fully saturated rings. The molecular formula is C19H37IN6O2S2. The third-order valence-electron chi connectivity index (χ3n) is 5.08. The van der Waals surface area contributed by atoms with Gasteiger partial charge >= 0.3 is 0 Å². The second-order valence-electron chi connectivity index (χ2n) is 7.74. The molecule has 0 spiro atoms. The molecule has 1 aliphatic carbocycles. The first-order valence-corrected chi connectivity index (χ1v) is 13.8. The zero-order chi connectivity index (χ0) is 21.3. The fourth-order valence-corrected chi connectivity index (χ4v) is 4.95. The first-order chi connectivity index (χ1) is 13.8. The van der Waals surface area contributed by atoms with Crippen molar-refractivity contribution in [1.29, 1.82) is 0 Å². The van der Waals surface area contributed by atoms with E-state index in [1.807, 2.05) is 13.8 Å². The number of nitrogens with one attached hydrogen (secondary N) is 2. The summed E-state index contributed by atoms with van der Waals surface area (Å²) in [6.07, 6.45) is 10.7. The number of rotatable bonds is 11. The summed E-state index contributed by atoms with van der Waals surface area (Å²) in [5, 5.41) is 16.4. The molecule has 2 N–H and O–H groups in total. The van der Waals surface area contributed by atoms with Gasteiger partial charge in [0.25, 0.3) is 0 Å². The van der Waals surface area contributed by atoms with Gasteiger partial charge in [-0.2, -0.15) is 0 Å². The van der Waals surface area contributed by atoms with Crippen LogP contribution < -0.4 is 10.6 Å². The number of guanidine groups is 1. The minimum atomic E-state index is -2.95. The molecule has 1 saturated carbocycles. The van der Waals surface area contributed by atoms with Crippen LogP contribution in [0.2, 0.25) is 0 Å². The van der Waals surface area contributed by atoms with Gasteiger partial charge in [0.15, 0.2) is 11.1 Å². The van der Waals surface area contributed by atoms with Crippen molar-refractivity contribution in [3.05, 3.63) is 5.82 Å². The van der Waals surface area contributed by atoms with Gasteiger partial charge in [-0.25, -0.2) is 8.42 Å². The molecule has 1 aromatic rings. The molecule has 0 bridgehead atoms. The van der Waals surface area contributed by atoms with Crippen molar-refractivity contribution in [3.63, 3.8) is 0 Å². The van der Waals surface area contributed by atoms with Crippen molar-refractivity contribution in [1.82, 2.24) is 25.4 Å². The number of aryl methyl sites for hydroxylation is 1. The molecule has 0 radical (unpaired) electrons. The van der Waals surface area contributed by atoms with Crippen LogP contribution in [0, 0.1) is 0 Å². The molecule has 11 heteroatoms. The van der Waals surface area contributed by atoms with E-state index in [1.54, 1.807) is 11.8 Å². The van der Waals surface area contributed by atoms with Crippen molar-refractivity contribution >= 4 is 51.5 Å². The summed E-state index contributed by atoms with van der Waals surface area (Å²) in [5.41, 5.74) is 0.